The number of piperidine rings is 1. The normalized spacial score (nSPS) is 14.5. The van der Waals surface area contributed by atoms with E-state index in [1.807, 2.05) is 42.7 Å². The molecule has 2 heterocycles. The molecule has 0 atom stereocenters. The molecule has 2 aromatic carbocycles. The van der Waals surface area contributed by atoms with Gasteiger partial charge in [0, 0.05) is 30.3 Å². The van der Waals surface area contributed by atoms with Crippen molar-refractivity contribution in [3.8, 4) is 17.1 Å². The summed E-state index contributed by atoms with van der Waals surface area (Å²) in [5.74, 6) is 0.633. The number of nitrogens with zero attached hydrogens (tertiary/aromatic N) is 4. The molecule has 0 unspecified atom stereocenters. The van der Waals surface area contributed by atoms with Gasteiger partial charge in [-0.2, -0.15) is 0 Å². The number of rotatable bonds is 6. The molecule has 0 spiro atoms. The van der Waals surface area contributed by atoms with E-state index < -0.39 is 0 Å². The summed E-state index contributed by atoms with van der Waals surface area (Å²) < 4.78 is 2.00. The minimum absolute atomic E-state index is 0.0354. The zero-order valence-electron chi connectivity index (χ0n) is 18.3. The summed E-state index contributed by atoms with van der Waals surface area (Å²) in [5, 5.41) is 9.53. The maximum absolute atomic E-state index is 12.8. The number of benzene rings is 2. The third kappa shape index (κ3) is 4.85. The van der Waals surface area contributed by atoms with Crippen molar-refractivity contribution in [2.24, 2.45) is 11.7 Å². The first-order valence-electron chi connectivity index (χ1n) is 10.7. The van der Waals surface area contributed by atoms with E-state index in [1.54, 1.807) is 4.90 Å². The lowest BCUT2D eigenvalue weighted by Crippen LogP contribution is -2.42. The third-order valence-electron chi connectivity index (χ3n) is 5.81. The molecule has 2 N–H and O–H groups in total. The van der Waals surface area contributed by atoms with Gasteiger partial charge >= 0.3 is 0 Å². The number of nitrogens with two attached hydrogens (primary N) is 1. The Bertz CT molecular complexity index is 1100. The summed E-state index contributed by atoms with van der Waals surface area (Å²) in [6.07, 6.45) is 1.26. The smallest absolute Gasteiger partial charge is 0.233 e. The molecule has 7 nitrogen and oxygen atoms in total. The number of hydrogen-bond acceptors (Lipinski definition) is 5. The van der Waals surface area contributed by atoms with Crippen molar-refractivity contribution in [3.05, 3.63) is 59.7 Å². The highest BCUT2D eigenvalue weighted by atomic mass is 32.2. The molecule has 32 heavy (non-hydrogen) atoms. The molecule has 2 amide bonds. The fourth-order valence-electron chi connectivity index (χ4n) is 3.81. The largest absolute Gasteiger partial charge is 0.369 e. The Morgan fingerprint density at radius 1 is 0.969 bits per heavy atom. The number of hydrogen-bond donors (Lipinski definition) is 1. The van der Waals surface area contributed by atoms with Crippen LogP contribution in [-0.2, 0) is 9.59 Å². The highest BCUT2D eigenvalue weighted by Gasteiger charge is 2.26. The van der Waals surface area contributed by atoms with Crippen molar-refractivity contribution in [1.29, 1.82) is 0 Å². The van der Waals surface area contributed by atoms with Gasteiger partial charge in [-0.3, -0.25) is 14.2 Å². The van der Waals surface area contributed by atoms with Crippen LogP contribution in [0.2, 0.25) is 0 Å². The van der Waals surface area contributed by atoms with E-state index in [-0.39, 0.29) is 23.5 Å². The molecule has 0 bridgehead atoms. The third-order valence-corrected chi connectivity index (χ3v) is 6.72. The van der Waals surface area contributed by atoms with E-state index in [0.717, 1.165) is 17.1 Å². The average Bonchev–Trinajstić information content (AvgIpc) is 3.22. The number of carbonyl (C=O) groups excluding carboxylic acids is 2. The van der Waals surface area contributed by atoms with Crippen molar-refractivity contribution >= 4 is 23.6 Å². The van der Waals surface area contributed by atoms with Crippen LogP contribution in [0.15, 0.2) is 53.7 Å². The summed E-state index contributed by atoms with van der Waals surface area (Å²) in [5.41, 5.74) is 9.66. The van der Waals surface area contributed by atoms with E-state index in [0.29, 0.717) is 31.1 Å². The molecule has 1 saturated heterocycles. The number of thioether (sulfide) groups is 1. The summed E-state index contributed by atoms with van der Waals surface area (Å²) in [6, 6.07) is 16.4. The summed E-state index contributed by atoms with van der Waals surface area (Å²) in [4.78, 5) is 26.0. The fourth-order valence-corrected chi connectivity index (χ4v) is 4.67. The first-order valence-corrected chi connectivity index (χ1v) is 11.7. The van der Waals surface area contributed by atoms with E-state index in [4.69, 9.17) is 5.73 Å². The van der Waals surface area contributed by atoms with Crippen LogP contribution in [0.1, 0.15) is 24.0 Å². The van der Waals surface area contributed by atoms with Gasteiger partial charge in [0.25, 0.3) is 0 Å². The lowest BCUT2D eigenvalue weighted by atomic mass is 9.96. The molecular formula is C24H27N5O2S. The fraction of sp³-hybridized carbons (Fsp3) is 0.333. The molecule has 1 aliphatic rings. The van der Waals surface area contributed by atoms with Gasteiger partial charge in [-0.05, 0) is 38.8 Å². The summed E-state index contributed by atoms with van der Waals surface area (Å²) in [6.45, 7) is 5.22. The molecule has 1 aromatic heterocycles. The maximum Gasteiger partial charge on any atom is 0.233 e. The molecular weight excluding hydrogens is 422 g/mol. The second kappa shape index (κ2) is 9.56. The number of primary amides is 1. The zero-order valence-corrected chi connectivity index (χ0v) is 19.1. The minimum Gasteiger partial charge on any atom is -0.369 e. The number of likely N-dealkylation sites (tertiary alicyclic amines) is 1. The summed E-state index contributed by atoms with van der Waals surface area (Å²) >= 11 is 1.38. The van der Waals surface area contributed by atoms with Crippen LogP contribution in [0.3, 0.4) is 0 Å². The zero-order chi connectivity index (χ0) is 22.7. The molecule has 3 aromatic rings. The van der Waals surface area contributed by atoms with E-state index in [9.17, 15) is 9.59 Å². The molecule has 0 aliphatic carbocycles. The highest BCUT2D eigenvalue weighted by Crippen LogP contribution is 2.29. The number of aryl methyl sites for hydroxylation is 2. The predicted molar refractivity (Wildman–Crippen MR) is 125 cm³/mol. The van der Waals surface area contributed by atoms with Crippen LogP contribution < -0.4 is 5.73 Å². The van der Waals surface area contributed by atoms with Gasteiger partial charge in [-0.25, -0.2) is 0 Å². The number of carbonyl (C=O) groups is 2. The molecule has 0 radical (unpaired) electrons. The van der Waals surface area contributed by atoms with Gasteiger partial charge in [0.2, 0.25) is 11.8 Å². The lowest BCUT2D eigenvalue weighted by molar-refractivity contribution is -0.132. The van der Waals surface area contributed by atoms with Gasteiger partial charge in [0.1, 0.15) is 0 Å². The Hall–Kier alpha value is -3.13. The van der Waals surface area contributed by atoms with E-state index in [2.05, 4.69) is 34.5 Å². The number of aromatic nitrogens is 3. The van der Waals surface area contributed by atoms with Crippen LogP contribution in [0, 0.1) is 19.8 Å². The van der Waals surface area contributed by atoms with Crippen molar-refractivity contribution in [3.63, 3.8) is 0 Å². The van der Waals surface area contributed by atoms with Crippen molar-refractivity contribution in [2.75, 3.05) is 18.8 Å². The van der Waals surface area contributed by atoms with Gasteiger partial charge in [0.15, 0.2) is 11.0 Å². The van der Waals surface area contributed by atoms with Crippen LogP contribution in [0.25, 0.3) is 17.1 Å². The molecule has 8 heteroatoms. The first-order chi connectivity index (χ1) is 15.4. The second-order valence-electron chi connectivity index (χ2n) is 8.19. The molecule has 166 valence electrons. The monoisotopic (exact) mass is 449 g/mol. The van der Waals surface area contributed by atoms with Crippen LogP contribution >= 0.6 is 11.8 Å². The Morgan fingerprint density at radius 2 is 1.56 bits per heavy atom. The van der Waals surface area contributed by atoms with Gasteiger partial charge in [-0.1, -0.05) is 59.3 Å². The highest BCUT2D eigenvalue weighted by molar-refractivity contribution is 7.99. The first kappa shape index (κ1) is 22.1. The van der Waals surface area contributed by atoms with E-state index in [1.165, 1.54) is 22.9 Å². The van der Waals surface area contributed by atoms with Gasteiger partial charge in [0.05, 0.1) is 5.75 Å². The Kier molecular flexibility index (Phi) is 6.60. The SMILES string of the molecule is Cc1ccc(-c2nnc(SCC(=O)N3CCC(C(N)=O)CC3)n2-c2ccc(C)cc2)cc1. The standard InChI is InChI=1S/C24H27N5O2S/c1-16-3-7-19(8-4-16)23-26-27-24(29(23)20-9-5-17(2)6-10-20)32-15-21(30)28-13-11-18(12-14-28)22(25)31/h3-10,18H,11-15H2,1-2H3,(H2,25,31). The predicted octanol–water partition coefficient (Wildman–Crippen LogP) is 3.37. The second-order valence-corrected chi connectivity index (χ2v) is 9.13. The minimum atomic E-state index is -0.277. The lowest BCUT2D eigenvalue weighted by Gasteiger charge is -2.30. The molecule has 1 fully saturated rings. The van der Waals surface area contributed by atoms with Gasteiger partial charge < -0.3 is 10.6 Å². The molecule has 0 saturated carbocycles. The Balaban J connectivity index is 1.55. The van der Waals surface area contributed by atoms with Gasteiger partial charge in [-0.15, -0.1) is 10.2 Å². The van der Waals surface area contributed by atoms with Crippen LogP contribution in [0.4, 0.5) is 0 Å². The topological polar surface area (TPSA) is 94.1 Å². The van der Waals surface area contributed by atoms with Crippen molar-refractivity contribution in [2.45, 2.75) is 31.8 Å². The average molecular weight is 450 g/mol. The maximum atomic E-state index is 12.8. The van der Waals surface area contributed by atoms with Crippen LogP contribution in [0.5, 0.6) is 0 Å². The molecule has 4 rings (SSSR count). The Morgan fingerprint density at radius 3 is 2.16 bits per heavy atom. The molecule has 1 aliphatic heterocycles. The van der Waals surface area contributed by atoms with Crippen molar-refractivity contribution in [1.82, 2.24) is 19.7 Å². The quantitative estimate of drug-likeness (QED) is 0.583. The number of amides is 2. The Labute approximate surface area is 192 Å². The van der Waals surface area contributed by atoms with E-state index >= 15 is 0 Å². The summed E-state index contributed by atoms with van der Waals surface area (Å²) in [7, 11) is 0. The van der Waals surface area contributed by atoms with Crippen LogP contribution in [-0.4, -0.2) is 50.3 Å². The van der Waals surface area contributed by atoms with Crippen molar-refractivity contribution < 1.29 is 9.59 Å².